The summed E-state index contributed by atoms with van der Waals surface area (Å²) in [5, 5.41) is 8.61. The lowest BCUT2D eigenvalue weighted by Crippen LogP contribution is -2.36. The summed E-state index contributed by atoms with van der Waals surface area (Å²) in [6.07, 6.45) is 2.05. The molecule has 2 N–H and O–H groups in total. The summed E-state index contributed by atoms with van der Waals surface area (Å²) in [6, 6.07) is 2.31. The molecule has 0 unspecified atom stereocenters. The first-order valence-corrected chi connectivity index (χ1v) is 4.19. The Hall–Kier alpha value is -0.590. The van der Waals surface area contributed by atoms with Crippen molar-refractivity contribution in [3.8, 4) is 6.07 Å². The zero-order valence-electron chi connectivity index (χ0n) is 6.79. The average Bonchev–Trinajstić information content (AvgIpc) is 2.07. The van der Waals surface area contributed by atoms with Crippen LogP contribution in [-0.2, 0) is 0 Å². The van der Waals surface area contributed by atoms with Gasteiger partial charge >= 0.3 is 0 Å². The minimum absolute atomic E-state index is 0.295. The van der Waals surface area contributed by atoms with Crippen molar-refractivity contribution in [3.05, 3.63) is 0 Å². The van der Waals surface area contributed by atoms with Crippen LogP contribution in [0.2, 0.25) is 0 Å². The van der Waals surface area contributed by atoms with E-state index >= 15 is 0 Å². The highest BCUT2D eigenvalue weighted by Crippen LogP contribution is 2.14. The highest BCUT2D eigenvalue weighted by atomic mass is 15.1. The molecule has 0 spiro atoms. The molecule has 0 saturated carbocycles. The number of rotatable bonds is 2. The van der Waals surface area contributed by atoms with Crippen LogP contribution in [0, 0.1) is 17.2 Å². The standard InChI is InChI=1S/C8H15N3/c9-3-6-11-4-1-8(7-10)2-5-11/h8H,1-6,9H2. The molecule has 1 aliphatic heterocycles. The van der Waals surface area contributed by atoms with Gasteiger partial charge in [0, 0.05) is 19.0 Å². The maximum Gasteiger partial charge on any atom is 0.0656 e. The molecule has 1 saturated heterocycles. The van der Waals surface area contributed by atoms with Gasteiger partial charge in [-0.2, -0.15) is 5.26 Å². The van der Waals surface area contributed by atoms with Crippen LogP contribution in [-0.4, -0.2) is 31.1 Å². The zero-order valence-corrected chi connectivity index (χ0v) is 6.79. The second-order valence-corrected chi connectivity index (χ2v) is 3.03. The molecule has 11 heavy (non-hydrogen) atoms. The van der Waals surface area contributed by atoms with E-state index in [9.17, 15) is 0 Å². The largest absolute Gasteiger partial charge is 0.329 e. The first-order valence-electron chi connectivity index (χ1n) is 4.19. The van der Waals surface area contributed by atoms with Gasteiger partial charge < -0.3 is 10.6 Å². The molecular formula is C8H15N3. The monoisotopic (exact) mass is 153 g/mol. The summed E-state index contributed by atoms with van der Waals surface area (Å²) in [4.78, 5) is 2.33. The summed E-state index contributed by atoms with van der Waals surface area (Å²) in [5.41, 5.74) is 5.42. The predicted molar refractivity (Wildman–Crippen MR) is 43.8 cm³/mol. The van der Waals surface area contributed by atoms with E-state index in [0.717, 1.165) is 39.0 Å². The number of nitriles is 1. The van der Waals surface area contributed by atoms with Gasteiger partial charge in [-0.1, -0.05) is 0 Å². The molecule has 0 bridgehead atoms. The Kier molecular flexibility index (Phi) is 3.34. The zero-order chi connectivity index (χ0) is 8.10. The fourth-order valence-electron chi connectivity index (χ4n) is 1.47. The second-order valence-electron chi connectivity index (χ2n) is 3.03. The van der Waals surface area contributed by atoms with E-state index in [0.29, 0.717) is 5.92 Å². The summed E-state index contributed by atoms with van der Waals surface area (Å²) >= 11 is 0. The van der Waals surface area contributed by atoms with Gasteiger partial charge in [-0.05, 0) is 25.9 Å². The van der Waals surface area contributed by atoms with Crippen molar-refractivity contribution >= 4 is 0 Å². The summed E-state index contributed by atoms with van der Waals surface area (Å²) in [5.74, 6) is 0.295. The highest BCUT2D eigenvalue weighted by Gasteiger charge is 2.17. The van der Waals surface area contributed by atoms with Crippen LogP contribution < -0.4 is 5.73 Å². The van der Waals surface area contributed by atoms with Crippen molar-refractivity contribution in [3.63, 3.8) is 0 Å². The molecule has 3 heteroatoms. The van der Waals surface area contributed by atoms with Crippen molar-refractivity contribution < 1.29 is 0 Å². The van der Waals surface area contributed by atoms with E-state index in [1.54, 1.807) is 0 Å². The Bertz CT molecular complexity index is 142. The molecular weight excluding hydrogens is 138 g/mol. The fourth-order valence-corrected chi connectivity index (χ4v) is 1.47. The van der Waals surface area contributed by atoms with E-state index in [1.807, 2.05) is 0 Å². The third kappa shape index (κ3) is 2.49. The summed E-state index contributed by atoms with van der Waals surface area (Å²) in [6.45, 7) is 3.82. The Balaban J connectivity index is 2.20. The molecule has 0 radical (unpaired) electrons. The first-order chi connectivity index (χ1) is 5.36. The normalized spacial score (nSPS) is 21.5. The van der Waals surface area contributed by atoms with E-state index in [1.165, 1.54) is 0 Å². The van der Waals surface area contributed by atoms with Crippen molar-refractivity contribution in [2.75, 3.05) is 26.2 Å². The topological polar surface area (TPSA) is 53.0 Å². The fraction of sp³-hybridized carbons (Fsp3) is 0.875. The smallest absolute Gasteiger partial charge is 0.0656 e. The molecule has 0 aromatic heterocycles. The lowest BCUT2D eigenvalue weighted by molar-refractivity contribution is 0.211. The maximum absolute atomic E-state index is 8.61. The minimum Gasteiger partial charge on any atom is -0.329 e. The van der Waals surface area contributed by atoms with Gasteiger partial charge in [0.15, 0.2) is 0 Å². The second kappa shape index (κ2) is 4.32. The van der Waals surface area contributed by atoms with E-state index < -0.39 is 0 Å². The van der Waals surface area contributed by atoms with E-state index in [2.05, 4.69) is 11.0 Å². The molecule has 1 rings (SSSR count). The third-order valence-corrected chi connectivity index (χ3v) is 2.22. The number of nitrogens with two attached hydrogens (primary N) is 1. The number of hydrogen-bond donors (Lipinski definition) is 1. The quantitative estimate of drug-likeness (QED) is 0.615. The van der Waals surface area contributed by atoms with Crippen molar-refractivity contribution in [2.24, 2.45) is 11.7 Å². The average molecular weight is 153 g/mol. The molecule has 1 fully saturated rings. The number of piperidine rings is 1. The SMILES string of the molecule is N#CC1CCN(CCN)CC1. The van der Waals surface area contributed by atoms with Gasteiger partial charge in [0.1, 0.15) is 0 Å². The molecule has 0 atom stereocenters. The molecule has 1 aliphatic rings. The van der Waals surface area contributed by atoms with Gasteiger partial charge in [-0.15, -0.1) is 0 Å². The third-order valence-electron chi connectivity index (χ3n) is 2.22. The van der Waals surface area contributed by atoms with Crippen LogP contribution in [0.5, 0.6) is 0 Å². The van der Waals surface area contributed by atoms with Crippen LogP contribution in [0.15, 0.2) is 0 Å². The highest BCUT2D eigenvalue weighted by molar-refractivity contribution is 4.87. The van der Waals surface area contributed by atoms with Gasteiger partial charge in [-0.3, -0.25) is 0 Å². The lowest BCUT2D eigenvalue weighted by Gasteiger charge is -2.28. The van der Waals surface area contributed by atoms with Crippen LogP contribution in [0.4, 0.5) is 0 Å². The van der Waals surface area contributed by atoms with Crippen LogP contribution in [0.25, 0.3) is 0 Å². The molecule has 0 aliphatic carbocycles. The van der Waals surface area contributed by atoms with Gasteiger partial charge in [-0.25, -0.2) is 0 Å². The Morgan fingerprint density at radius 1 is 1.45 bits per heavy atom. The van der Waals surface area contributed by atoms with Gasteiger partial charge in [0.2, 0.25) is 0 Å². The van der Waals surface area contributed by atoms with Crippen LogP contribution in [0.1, 0.15) is 12.8 Å². The predicted octanol–water partition coefficient (Wildman–Crippen LogP) is 0.181. The number of hydrogen-bond acceptors (Lipinski definition) is 3. The van der Waals surface area contributed by atoms with Crippen LogP contribution in [0.3, 0.4) is 0 Å². The van der Waals surface area contributed by atoms with Crippen molar-refractivity contribution in [1.29, 1.82) is 5.26 Å². The number of nitrogens with zero attached hydrogens (tertiary/aromatic N) is 2. The Morgan fingerprint density at radius 3 is 2.55 bits per heavy atom. The summed E-state index contributed by atoms with van der Waals surface area (Å²) < 4.78 is 0. The van der Waals surface area contributed by atoms with E-state index in [-0.39, 0.29) is 0 Å². The molecule has 0 aromatic carbocycles. The Labute approximate surface area is 67.8 Å². The molecule has 62 valence electrons. The van der Waals surface area contributed by atoms with Gasteiger partial charge in [0.25, 0.3) is 0 Å². The van der Waals surface area contributed by atoms with Crippen LogP contribution >= 0.6 is 0 Å². The molecule has 0 amide bonds. The molecule has 3 nitrogen and oxygen atoms in total. The minimum atomic E-state index is 0.295. The Morgan fingerprint density at radius 2 is 2.09 bits per heavy atom. The first kappa shape index (κ1) is 8.51. The van der Waals surface area contributed by atoms with Crippen molar-refractivity contribution in [2.45, 2.75) is 12.8 Å². The lowest BCUT2D eigenvalue weighted by atomic mass is 9.99. The van der Waals surface area contributed by atoms with Gasteiger partial charge in [0.05, 0.1) is 6.07 Å². The maximum atomic E-state index is 8.61. The van der Waals surface area contributed by atoms with E-state index in [4.69, 9.17) is 11.0 Å². The molecule has 1 heterocycles. The van der Waals surface area contributed by atoms with Crippen molar-refractivity contribution in [1.82, 2.24) is 4.90 Å². The molecule has 0 aromatic rings. The number of likely N-dealkylation sites (tertiary alicyclic amines) is 1. The summed E-state index contributed by atoms with van der Waals surface area (Å²) in [7, 11) is 0.